The molecule has 118 valence electrons. The van der Waals surface area contributed by atoms with E-state index in [2.05, 4.69) is 5.32 Å². The summed E-state index contributed by atoms with van der Waals surface area (Å²) in [5.74, 6) is -0.0252. The van der Waals surface area contributed by atoms with Gasteiger partial charge in [0.05, 0.1) is 0 Å². The summed E-state index contributed by atoms with van der Waals surface area (Å²) in [6.45, 7) is 0. The van der Waals surface area contributed by atoms with Crippen LogP contribution in [0, 0.1) is 0 Å². The number of amides is 2. The Morgan fingerprint density at radius 2 is 1.05 bits per heavy atom. The zero-order valence-electron chi connectivity index (χ0n) is 13.1. The molecule has 0 fully saturated rings. The first-order valence-corrected chi connectivity index (χ1v) is 8.15. The molecule has 0 atom stereocenters. The number of nitrogens with two attached hydrogens (primary N) is 1. The van der Waals surface area contributed by atoms with Gasteiger partial charge < -0.3 is 11.1 Å². The number of hydrogen-bond donors (Lipinski definition) is 2. The molecule has 0 spiro atoms. The van der Waals surface area contributed by atoms with Crippen molar-refractivity contribution in [1.82, 2.24) is 5.32 Å². The fourth-order valence-corrected chi connectivity index (χ4v) is 2.30. The van der Waals surface area contributed by atoms with Crippen LogP contribution in [0.2, 0.25) is 0 Å². The van der Waals surface area contributed by atoms with Gasteiger partial charge in [0.15, 0.2) is 0 Å². The average Bonchev–Trinajstić information content (AvgIpc) is 2.43. The summed E-state index contributed by atoms with van der Waals surface area (Å²) in [5, 5.41) is 2.65. The summed E-state index contributed by atoms with van der Waals surface area (Å²) in [6.07, 6.45) is 14.4. The van der Waals surface area contributed by atoms with Gasteiger partial charge in [0.25, 0.3) is 0 Å². The van der Waals surface area contributed by atoms with E-state index in [4.69, 9.17) is 5.73 Å². The van der Waals surface area contributed by atoms with Crippen molar-refractivity contribution in [2.24, 2.45) is 5.73 Å². The number of unbranched alkanes of at least 4 members (excludes halogenated alkanes) is 10. The van der Waals surface area contributed by atoms with Crippen LogP contribution >= 0.6 is 0 Å². The minimum Gasteiger partial charge on any atom is -0.370 e. The third-order valence-electron chi connectivity index (χ3n) is 3.61. The Kier molecular flexibility index (Phi) is 13.6. The zero-order valence-corrected chi connectivity index (χ0v) is 13.1. The highest BCUT2D eigenvalue weighted by atomic mass is 16.1. The van der Waals surface area contributed by atoms with Crippen molar-refractivity contribution in [2.75, 3.05) is 7.05 Å². The van der Waals surface area contributed by atoms with Crippen molar-refractivity contribution >= 4 is 11.8 Å². The Labute approximate surface area is 123 Å². The Morgan fingerprint density at radius 1 is 0.700 bits per heavy atom. The highest BCUT2D eigenvalue weighted by Crippen LogP contribution is 2.12. The number of hydrogen-bond acceptors (Lipinski definition) is 2. The van der Waals surface area contributed by atoms with E-state index in [9.17, 15) is 9.59 Å². The maximum atomic E-state index is 11.0. The molecule has 0 aliphatic heterocycles. The lowest BCUT2D eigenvalue weighted by atomic mass is 10.0. The zero-order chi connectivity index (χ0) is 15.1. The van der Waals surface area contributed by atoms with Crippen molar-refractivity contribution in [2.45, 2.75) is 83.5 Å². The molecule has 0 aromatic carbocycles. The molecule has 3 N–H and O–H groups in total. The third kappa shape index (κ3) is 15.0. The van der Waals surface area contributed by atoms with Crippen LogP contribution in [0.1, 0.15) is 83.5 Å². The van der Waals surface area contributed by atoms with Crippen LogP contribution in [0.3, 0.4) is 0 Å². The molecule has 4 heteroatoms. The number of carbonyl (C=O) groups excluding carboxylic acids is 2. The summed E-state index contributed by atoms with van der Waals surface area (Å²) in [5.41, 5.74) is 5.09. The molecule has 0 aromatic heterocycles. The SMILES string of the molecule is CNC(=O)CCCCCCCCCCCCCC(N)=O. The fraction of sp³-hybridized carbons (Fsp3) is 0.875. The van der Waals surface area contributed by atoms with Gasteiger partial charge in [-0.05, 0) is 12.8 Å². The normalized spacial score (nSPS) is 10.4. The van der Waals surface area contributed by atoms with E-state index in [-0.39, 0.29) is 11.8 Å². The molecule has 0 bridgehead atoms. The van der Waals surface area contributed by atoms with Gasteiger partial charge in [-0.1, -0.05) is 57.8 Å². The first-order valence-electron chi connectivity index (χ1n) is 8.15. The minimum atomic E-state index is -0.179. The van der Waals surface area contributed by atoms with E-state index in [1.54, 1.807) is 7.05 Å². The Morgan fingerprint density at radius 3 is 1.40 bits per heavy atom. The van der Waals surface area contributed by atoms with Crippen molar-refractivity contribution in [3.8, 4) is 0 Å². The summed E-state index contributed by atoms with van der Waals surface area (Å²) < 4.78 is 0. The van der Waals surface area contributed by atoms with Crippen molar-refractivity contribution in [1.29, 1.82) is 0 Å². The summed E-state index contributed by atoms with van der Waals surface area (Å²) in [6, 6.07) is 0. The van der Waals surface area contributed by atoms with Gasteiger partial charge >= 0.3 is 0 Å². The third-order valence-corrected chi connectivity index (χ3v) is 3.61. The van der Waals surface area contributed by atoms with E-state index in [1.165, 1.54) is 51.4 Å². The lowest BCUT2D eigenvalue weighted by molar-refractivity contribution is -0.120. The Bertz CT molecular complexity index is 255. The Hall–Kier alpha value is -1.06. The van der Waals surface area contributed by atoms with Crippen LogP contribution in [0.15, 0.2) is 0 Å². The standard InChI is InChI=1S/C16H32N2O2/c1-18-16(20)14-12-10-8-6-4-2-3-5-7-9-11-13-15(17)19/h2-14H2,1H3,(H2,17,19)(H,18,20). The second-order valence-corrected chi connectivity index (χ2v) is 5.53. The molecule has 4 nitrogen and oxygen atoms in total. The van der Waals surface area contributed by atoms with E-state index >= 15 is 0 Å². The van der Waals surface area contributed by atoms with E-state index in [1.807, 2.05) is 0 Å². The second-order valence-electron chi connectivity index (χ2n) is 5.53. The van der Waals surface area contributed by atoms with Crippen LogP contribution < -0.4 is 11.1 Å². The maximum Gasteiger partial charge on any atom is 0.219 e. The molecule has 0 unspecified atom stereocenters. The first kappa shape index (κ1) is 18.9. The largest absolute Gasteiger partial charge is 0.370 e. The van der Waals surface area contributed by atoms with E-state index in [0.29, 0.717) is 12.8 Å². The molecule has 0 radical (unpaired) electrons. The molecule has 0 rings (SSSR count). The number of nitrogens with one attached hydrogen (secondary N) is 1. The molecular formula is C16H32N2O2. The van der Waals surface area contributed by atoms with Gasteiger partial charge in [-0.15, -0.1) is 0 Å². The molecule has 0 aliphatic rings. The fourth-order valence-electron chi connectivity index (χ4n) is 2.30. The van der Waals surface area contributed by atoms with Gasteiger partial charge in [0.2, 0.25) is 11.8 Å². The topological polar surface area (TPSA) is 72.2 Å². The quantitative estimate of drug-likeness (QED) is 0.480. The predicted octanol–water partition coefficient (Wildman–Crippen LogP) is 3.29. The first-order chi connectivity index (χ1) is 9.66. The molecular weight excluding hydrogens is 252 g/mol. The summed E-state index contributed by atoms with van der Waals surface area (Å²) in [7, 11) is 1.69. The number of rotatable bonds is 14. The Balaban J connectivity index is 3.03. The molecule has 0 saturated carbocycles. The summed E-state index contributed by atoms with van der Waals surface area (Å²) in [4.78, 5) is 21.5. The van der Waals surface area contributed by atoms with Crippen LogP contribution in [0.25, 0.3) is 0 Å². The number of primary amides is 1. The molecule has 0 saturated heterocycles. The predicted molar refractivity (Wildman–Crippen MR) is 83.3 cm³/mol. The van der Waals surface area contributed by atoms with Crippen LogP contribution in [0.5, 0.6) is 0 Å². The van der Waals surface area contributed by atoms with Crippen LogP contribution in [-0.2, 0) is 9.59 Å². The molecule has 0 aromatic rings. The van der Waals surface area contributed by atoms with Crippen LogP contribution in [-0.4, -0.2) is 18.9 Å². The maximum absolute atomic E-state index is 11.0. The van der Waals surface area contributed by atoms with E-state index < -0.39 is 0 Å². The summed E-state index contributed by atoms with van der Waals surface area (Å²) >= 11 is 0. The van der Waals surface area contributed by atoms with Crippen molar-refractivity contribution < 1.29 is 9.59 Å². The van der Waals surface area contributed by atoms with E-state index in [0.717, 1.165) is 19.3 Å². The highest BCUT2D eigenvalue weighted by molar-refractivity contribution is 5.75. The monoisotopic (exact) mass is 284 g/mol. The second kappa shape index (κ2) is 14.4. The average molecular weight is 284 g/mol. The molecule has 0 heterocycles. The lowest BCUT2D eigenvalue weighted by Crippen LogP contribution is -2.16. The molecule has 20 heavy (non-hydrogen) atoms. The highest BCUT2D eigenvalue weighted by Gasteiger charge is 1.98. The molecule has 2 amide bonds. The number of carbonyl (C=O) groups is 2. The van der Waals surface area contributed by atoms with Gasteiger partial charge in [0.1, 0.15) is 0 Å². The van der Waals surface area contributed by atoms with Crippen molar-refractivity contribution in [3.05, 3.63) is 0 Å². The van der Waals surface area contributed by atoms with Gasteiger partial charge in [-0.25, -0.2) is 0 Å². The smallest absolute Gasteiger partial charge is 0.219 e. The van der Waals surface area contributed by atoms with Gasteiger partial charge in [0, 0.05) is 19.9 Å². The lowest BCUT2D eigenvalue weighted by Gasteiger charge is -2.03. The van der Waals surface area contributed by atoms with Gasteiger partial charge in [-0.2, -0.15) is 0 Å². The van der Waals surface area contributed by atoms with Crippen molar-refractivity contribution in [3.63, 3.8) is 0 Å². The minimum absolute atomic E-state index is 0.154. The molecule has 0 aliphatic carbocycles. The van der Waals surface area contributed by atoms with Gasteiger partial charge in [-0.3, -0.25) is 9.59 Å². The van der Waals surface area contributed by atoms with Crippen LogP contribution in [0.4, 0.5) is 0 Å².